The second kappa shape index (κ2) is 2.87. The van der Waals surface area contributed by atoms with E-state index in [0.29, 0.717) is 0 Å². The maximum Gasteiger partial charge on any atom is 0.0902 e. The average molecular weight is 174 g/mol. The minimum absolute atomic E-state index is 0.0653. The van der Waals surface area contributed by atoms with Gasteiger partial charge in [0.1, 0.15) is 0 Å². The van der Waals surface area contributed by atoms with Gasteiger partial charge in [-0.25, -0.2) is 0 Å². The lowest BCUT2D eigenvalue weighted by molar-refractivity contribution is 0.565. The lowest BCUT2D eigenvalue weighted by Crippen LogP contribution is -2.28. The molecule has 0 aromatic heterocycles. The van der Waals surface area contributed by atoms with E-state index in [1.54, 1.807) is 0 Å². The molecule has 0 radical (unpaired) electrons. The Morgan fingerprint density at radius 3 is 2.46 bits per heavy atom. The van der Waals surface area contributed by atoms with Crippen molar-refractivity contribution in [3.8, 4) is 0 Å². The van der Waals surface area contributed by atoms with Crippen molar-refractivity contribution in [1.82, 2.24) is 0 Å². The summed E-state index contributed by atoms with van der Waals surface area (Å²) in [7, 11) is 0. The molecule has 0 unspecified atom stereocenters. The number of anilines is 1. The van der Waals surface area contributed by atoms with Gasteiger partial charge in [-0.3, -0.25) is 4.99 Å². The Morgan fingerprint density at radius 2 is 1.92 bits per heavy atom. The Morgan fingerprint density at radius 1 is 1.23 bits per heavy atom. The summed E-state index contributed by atoms with van der Waals surface area (Å²) in [6.07, 6.45) is 1.93. The highest BCUT2D eigenvalue weighted by Crippen LogP contribution is 2.22. The van der Waals surface area contributed by atoms with E-state index in [9.17, 15) is 0 Å². The molecular formula is C11H14N2. The number of hydrogen-bond donors (Lipinski definition) is 0. The highest BCUT2D eigenvalue weighted by Gasteiger charge is 2.24. The van der Waals surface area contributed by atoms with E-state index >= 15 is 0 Å². The SMILES string of the molecule is CC1(C)CN(c2ccccc2)C=N1. The van der Waals surface area contributed by atoms with E-state index in [1.165, 1.54) is 5.69 Å². The summed E-state index contributed by atoms with van der Waals surface area (Å²) in [6, 6.07) is 10.3. The lowest BCUT2D eigenvalue weighted by Gasteiger charge is -2.19. The number of rotatable bonds is 1. The van der Waals surface area contributed by atoms with Crippen molar-refractivity contribution in [3.05, 3.63) is 30.3 Å². The molecule has 0 saturated heterocycles. The molecule has 0 amide bonds. The van der Waals surface area contributed by atoms with Crippen LogP contribution < -0.4 is 4.90 Å². The fourth-order valence-corrected chi connectivity index (χ4v) is 1.50. The zero-order chi connectivity index (χ0) is 9.31. The summed E-state index contributed by atoms with van der Waals surface area (Å²) in [5.41, 5.74) is 1.28. The smallest absolute Gasteiger partial charge is 0.0902 e. The van der Waals surface area contributed by atoms with E-state index in [0.717, 1.165) is 6.54 Å². The minimum atomic E-state index is 0.0653. The Bertz CT molecular complexity index is 314. The molecular weight excluding hydrogens is 160 g/mol. The Kier molecular flexibility index (Phi) is 1.83. The molecule has 2 rings (SSSR count). The third-order valence-electron chi connectivity index (χ3n) is 2.19. The predicted molar refractivity (Wildman–Crippen MR) is 56.4 cm³/mol. The van der Waals surface area contributed by atoms with Crippen LogP contribution in [0, 0.1) is 0 Å². The summed E-state index contributed by atoms with van der Waals surface area (Å²) in [4.78, 5) is 6.61. The highest BCUT2D eigenvalue weighted by atomic mass is 15.2. The molecule has 0 N–H and O–H groups in total. The first-order valence-electron chi connectivity index (χ1n) is 4.54. The van der Waals surface area contributed by atoms with Crippen LogP contribution in [0.25, 0.3) is 0 Å². The van der Waals surface area contributed by atoms with E-state index in [-0.39, 0.29) is 5.54 Å². The first-order chi connectivity index (χ1) is 6.17. The van der Waals surface area contributed by atoms with Crippen molar-refractivity contribution in [1.29, 1.82) is 0 Å². The molecule has 1 heterocycles. The van der Waals surface area contributed by atoms with E-state index in [2.05, 4.69) is 48.0 Å². The predicted octanol–water partition coefficient (Wildman–Crippen LogP) is 2.31. The number of aliphatic imine (C=N–C) groups is 1. The number of nitrogens with zero attached hydrogens (tertiary/aromatic N) is 2. The van der Waals surface area contributed by atoms with Gasteiger partial charge >= 0.3 is 0 Å². The fourth-order valence-electron chi connectivity index (χ4n) is 1.50. The molecule has 0 aliphatic carbocycles. The van der Waals surface area contributed by atoms with Gasteiger partial charge in [0.2, 0.25) is 0 Å². The normalized spacial score (nSPS) is 19.4. The zero-order valence-electron chi connectivity index (χ0n) is 8.07. The second-order valence-corrected chi connectivity index (χ2v) is 4.02. The fraction of sp³-hybridized carbons (Fsp3) is 0.364. The van der Waals surface area contributed by atoms with Gasteiger partial charge in [-0.2, -0.15) is 0 Å². The van der Waals surface area contributed by atoms with Crippen LogP contribution >= 0.6 is 0 Å². The van der Waals surface area contributed by atoms with E-state index in [4.69, 9.17) is 0 Å². The standard InChI is InChI=1S/C11H14N2/c1-11(2)8-13(9-12-11)10-6-4-3-5-7-10/h3-7,9H,8H2,1-2H3. The third-order valence-corrected chi connectivity index (χ3v) is 2.19. The average Bonchev–Trinajstić information content (AvgIpc) is 2.48. The van der Waals surface area contributed by atoms with Crippen molar-refractivity contribution < 1.29 is 0 Å². The number of hydrogen-bond acceptors (Lipinski definition) is 2. The highest BCUT2D eigenvalue weighted by molar-refractivity contribution is 5.81. The van der Waals surface area contributed by atoms with Gasteiger partial charge in [-0.15, -0.1) is 0 Å². The molecule has 1 aliphatic rings. The van der Waals surface area contributed by atoms with Crippen LogP contribution in [-0.2, 0) is 0 Å². The molecule has 0 spiro atoms. The van der Waals surface area contributed by atoms with Gasteiger partial charge in [-0.05, 0) is 26.0 Å². The summed E-state index contributed by atoms with van der Waals surface area (Å²) in [6.45, 7) is 5.26. The zero-order valence-corrected chi connectivity index (χ0v) is 8.07. The Hall–Kier alpha value is -1.31. The lowest BCUT2D eigenvalue weighted by atomic mass is 10.1. The Balaban J connectivity index is 2.19. The quantitative estimate of drug-likeness (QED) is 0.638. The molecule has 2 nitrogen and oxygen atoms in total. The molecule has 68 valence electrons. The molecule has 13 heavy (non-hydrogen) atoms. The number of para-hydroxylation sites is 1. The first-order valence-corrected chi connectivity index (χ1v) is 4.54. The third kappa shape index (κ3) is 1.72. The van der Waals surface area contributed by atoms with Crippen molar-refractivity contribution in [2.45, 2.75) is 19.4 Å². The van der Waals surface area contributed by atoms with Gasteiger partial charge in [0.05, 0.1) is 11.9 Å². The first kappa shape index (κ1) is 8.30. The largest absolute Gasteiger partial charge is 0.330 e. The van der Waals surface area contributed by atoms with Crippen LogP contribution in [0.15, 0.2) is 35.3 Å². The summed E-state index contributed by atoms with van der Waals surface area (Å²) < 4.78 is 0. The van der Waals surface area contributed by atoms with Crippen LogP contribution in [0.2, 0.25) is 0 Å². The maximum absolute atomic E-state index is 4.43. The molecule has 1 aromatic rings. The summed E-state index contributed by atoms with van der Waals surface area (Å²) >= 11 is 0. The molecule has 0 fully saturated rings. The van der Waals surface area contributed by atoms with Crippen LogP contribution in [0.1, 0.15) is 13.8 Å². The van der Waals surface area contributed by atoms with Crippen molar-refractivity contribution in [3.63, 3.8) is 0 Å². The van der Waals surface area contributed by atoms with Gasteiger partial charge in [0, 0.05) is 12.2 Å². The van der Waals surface area contributed by atoms with Crippen LogP contribution in [0.3, 0.4) is 0 Å². The number of benzene rings is 1. The second-order valence-electron chi connectivity index (χ2n) is 4.02. The molecule has 1 aliphatic heterocycles. The molecule has 2 heteroatoms. The van der Waals surface area contributed by atoms with Gasteiger partial charge in [0.25, 0.3) is 0 Å². The van der Waals surface area contributed by atoms with Crippen LogP contribution in [-0.4, -0.2) is 18.4 Å². The van der Waals surface area contributed by atoms with Gasteiger partial charge < -0.3 is 4.90 Å². The Labute approximate surface area is 78.9 Å². The molecule has 0 atom stereocenters. The van der Waals surface area contributed by atoms with Gasteiger partial charge in [0.15, 0.2) is 0 Å². The molecule has 0 bridgehead atoms. The van der Waals surface area contributed by atoms with Crippen molar-refractivity contribution in [2.75, 3.05) is 11.4 Å². The van der Waals surface area contributed by atoms with Gasteiger partial charge in [-0.1, -0.05) is 18.2 Å². The van der Waals surface area contributed by atoms with Crippen molar-refractivity contribution >= 4 is 12.0 Å². The van der Waals surface area contributed by atoms with E-state index < -0.39 is 0 Å². The molecule has 0 saturated carbocycles. The summed E-state index contributed by atoms with van der Waals surface area (Å²) in [5.74, 6) is 0. The van der Waals surface area contributed by atoms with Crippen LogP contribution in [0.4, 0.5) is 5.69 Å². The van der Waals surface area contributed by atoms with E-state index in [1.807, 2.05) is 12.4 Å². The monoisotopic (exact) mass is 174 g/mol. The topological polar surface area (TPSA) is 15.6 Å². The minimum Gasteiger partial charge on any atom is -0.330 e. The van der Waals surface area contributed by atoms with Crippen LogP contribution in [0.5, 0.6) is 0 Å². The maximum atomic E-state index is 4.43. The molecule has 1 aromatic carbocycles. The van der Waals surface area contributed by atoms with Crippen molar-refractivity contribution in [2.24, 2.45) is 4.99 Å². The summed E-state index contributed by atoms with van der Waals surface area (Å²) in [5, 5.41) is 0.